The number of aliphatic hydroxyl groups excluding tert-OH is 10. The minimum atomic E-state index is -1.93. The van der Waals surface area contributed by atoms with E-state index in [1.165, 1.54) is 0 Å². The molecule has 0 radical (unpaired) electrons. The van der Waals surface area contributed by atoms with Gasteiger partial charge in [0.1, 0.15) is 79.3 Å². The monoisotopic (exact) mass is 927 g/mol. The number of carbonyl (C=O) groups excluding carboxylic acids is 5. The van der Waals surface area contributed by atoms with E-state index >= 15 is 0 Å². The predicted molar refractivity (Wildman–Crippen MR) is 209 cm³/mol. The molecule has 4 rings (SSSR count). The first-order valence-electron chi connectivity index (χ1n) is 21.7. The number of unbranched alkanes of at least 4 members (excludes halogenated alkanes) is 5. The number of nitrogens with zero attached hydrogens (tertiary/aromatic N) is 1. The molecule has 0 aromatic rings. The van der Waals surface area contributed by atoms with E-state index in [0.717, 1.165) is 12.8 Å². The van der Waals surface area contributed by atoms with E-state index in [-0.39, 0.29) is 44.7 Å². The summed E-state index contributed by atoms with van der Waals surface area (Å²) in [5.41, 5.74) is 0. The Labute approximate surface area is 368 Å². The van der Waals surface area contributed by atoms with Gasteiger partial charge in [-0.25, -0.2) is 4.79 Å². The quantitative estimate of drug-likeness (QED) is 0.0300. The fraction of sp³-hybridized carbons (Fsp3) is 0.872. The number of amides is 4. The molecule has 0 saturated carbocycles. The van der Waals surface area contributed by atoms with Crippen LogP contribution in [0, 0.1) is 0 Å². The lowest BCUT2D eigenvalue weighted by Crippen LogP contribution is -2.65. The molecule has 4 fully saturated rings. The van der Waals surface area contributed by atoms with Crippen LogP contribution in [0.15, 0.2) is 0 Å². The summed E-state index contributed by atoms with van der Waals surface area (Å²) in [6.07, 6.45) is -21.1. The van der Waals surface area contributed by atoms with Crippen molar-refractivity contribution in [1.82, 2.24) is 15.7 Å². The first kappa shape index (κ1) is 53.5. The normalized spacial score (nSPS) is 35.0. The van der Waals surface area contributed by atoms with Crippen LogP contribution in [0.5, 0.6) is 0 Å². The maximum atomic E-state index is 13.3. The zero-order chi connectivity index (χ0) is 47.1. The molecule has 4 aliphatic rings. The number of ether oxygens (including phenoxy) is 6. The molecule has 4 heterocycles. The minimum absolute atomic E-state index is 0.00459. The van der Waals surface area contributed by atoms with Crippen LogP contribution in [0.4, 0.5) is 0 Å². The van der Waals surface area contributed by atoms with Gasteiger partial charge in [-0.3, -0.25) is 19.2 Å². The van der Waals surface area contributed by atoms with E-state index in [1.54, 1.807) is 0 Å². The molecule has 368 valence electrons. The number of hydrogen-bond donors (Lipinski definition) is 12. The number of carbonyl (C=O) groups is 5. The Bertz CT molecular complexity index is 1480. The average molecular weight is 928 g/mol. The van der Waals surface area contributed by atoms with E-state index in [4.69, 9.17) is 33.3 Å². The highest BCUT2D eigenvalue weighted by molar-refractivity contribution is 6.01. The topological polar surface area (TPSA) is 380 Å². The third kappa shape index (κ3) is 14.7. The van der Waals surface area contributed by atoms with Crippen molar-refractivity contribution in [2.75, 3.05) is 33.0 Å². The molecule has 16 atom stereocenters. The zero-order valence-corrected chi connectivity index (χ0v) is 35.6. The lowest BCUT2D eigenvalue weighted by molar-refractivity contribution is -0.366. The molecule has 0 aromatic heterocycles. The summed E-state index contributed by atoms with van der Waals surface area (Å²) in [5, 5.41) is 109. The van der Waals surface area contributed by atoms with Crippen molar-refractivity contribution < 1.29 is 108 Å². The zero-order valence-electron chi connectivity index (χ0n) is 35.6. The molecule has 25 heteroatoms. The Morgan fingerprint density at radius 1 is 0.672 bits per heavy atom. The first-order valence-corrected chi connectivity index (χ1v) is 21.7. The Balaban J connectivity index is 1.30. The van der Waals surface area contributed by atoms with Crippen molar-refractivity contribution in [1.29, 1.82) is 0 Å². The molecule has 0 unspecified atom stereocenters. The van der Waals surface area contributed by atoms with Crippen LogP contribution in [0.2, 0.25) is 0 Å². The SMILES string of the molecule is CCCCC[C@H](NC(=O)CCCCCCC(=O)ON1C(=O)CCC1=O)C(=O)NCCO[C@H]1O[C@H](CO[C@H]2O[C@H](CO)[C@@H](O)[C@H](O)[C@@H]2O)[C@@H](O)[C@H](O[C@H]2O[C@H](CO)[C@@H](O)[C@H](O)[C@@H]2O)[C@@H]1O. The second-order valence-corrected chi connectivity index (χ2v) is 16.1. The summed E-state index contributed by atoms with van der Waals surface area (Å²) in [6.45, 7) is -0.764. The van der Waals surface area contributed by atoms with Crippen molar-refractivity contribution in [3.63, 3.8) is 0 Å². The number of nitrogens with one attached hydrogen (secondary N) is 2. The predicted octanol–water partition coefficient (Wildman–Crippen LogP) is -5.42. The van der Waals surface area contributed by atoms with Gasteiger partial charge in [0, 0.05) is 32.2 Å². The van der Waals surface area contributed by atoms with Gasteiger partial charge >= 0.3 is 5.97 Å². The van der Waals surface area contributed by atoms with Crippen molar-refractivity contribution in [3.8, 4) is 0 Å². The molecule has 0 bridgehead atoms. The highest BCUT2D eigenvalue weighted by Crippen LogP contribution is 2.31. The molecular weight excluding hydrogens is 862 g/mol. The van der Waals surface area contributed by atoms with Crippen molar-refractivity contribution in [3.05, 3.63) is 0 Å². The van der Waals surface area contributed by atoms with E-state index in [2.05, 4.69) is 10.6 Å². The van der Waals surface area contributed by atoms with Crippen LogP contribution in [0.1, 0.15) is 84.0 Å². The Morgan fingerprint density at radius 2 is 1.23 bits per heavy atom. The van der Waals surface area contributed by atoms with Gasteiger partial charge in [-0.05, 0) is 19.3 Å². The maximum absolute atomic E-state index is 13.3. The molecule has 25 nitrogen and oxygen atoms in total. The molecule has 0 spiro atoms. The van der Waals surface area contributed by atoms with E-state index in [0.29, 0.717) is 43.6 Å². The van der Waals surface area contributed by atoms with Gasteiger partial charge in [0.05, 0.1) is 26.4 Å². The summed E-state index contributed by atoms with van der Waals surface area (Å²) >= 11 is 0. The van der Waals surface area contributed by atoms with Crippen molar-refractivity contribution >= 4 is 29.6 Å². The van der Waals surface area contributed by atoms with Crippen LogP contribution in [0.25, 0.3) is 0 Å². The highest BCUT2D eigenvalue weighted by Gasteiger charge is 2.52. The van der Waals surface area contributed by atoms with Crippen molar-refractivity contribution in [2.45, 2.75) is 182 Å². The van der Waals surface area contributed by atoms with Crippen molar-refractivity contribution in [2.24, 2.45) is 0 Å². The largest absolute Gasteiger partial charge is 0.394 e. The summed E-state index contributed by atoms with van der Waals surface area (Å²) < 4.78 is 33.5. The second kappa shape index (κ2) is 26.3. The highest BCUT2D eigenvalue weighted by atomic mass is 16.8. The molecule has 4 saturated heterocycles. The first-order chi connectivity index (χ1) is 30.5. The van der Waals surface area contributed by atoms with Gasteiger partial charge in [-0.1, -0.05) is 39.0 Å². The third-order valence-corrected chi connectivity index (χ3v) is 11.2. The lowest BCUT2D eigenvalue weighted by atomic mass is 9.96. The molecule has 0 aliphatic carbocycles. The Morgan fingerprint density at radius 3 is 1.84 bits per heavy atom. The van der Waals surface area contributed by atoms with Gasteiger partial charge in [-0.2, -0.15) is 0 Å². The Hall–Kier alpha value is -3.09. The van der Waals surface area contributed by atoms with Crippen LogP contribution in [-0.4, -0.2) is 217 Å². The van der Waals surface area contributed by atoms with Gasteiger partial charge in [0.25, 0.3) is 11.8 Å². The minimum Gasteiger partial charge on any atom is -0.394 e. The molecule has 4 aliphatic heterocycles. The standard InChI is InChI=1S/C39H65N3O22/c1-2-3-6-9-19(41-23(45)10-7-4-5-8-11-26(48)64-42-24(46)12-13-25(42)47)36(57)40-14-15-58-38-34(56)35(63-39-33(55)31(53)28(50)21(17-44)61-39)29(51)22(62-38)18-59-37-32(54)30(52)27(49)20(16-43)60-37/h19-22,27-35,37-39,43-44,49-56H,2-18H2,1H3,(H,40,57)(H,41,45)/t19-,20+,21+,22+,27+,28+,29+,30-,31-,32-,33-,34-,35-,37-,38-,39+/m0/s1. The van der Waals surface area contributed by atoms with Gasteiger partial charge in [-0.15, -0.1) is 5.06 Å². The summed E-state index contributed by atoms with van der Waals surface area (Å²) in [7, 11) is 0. The molecular formula is C39H65N3O22. The van der Waals surface area contributed by atoms with Crippen LogP contribution < -0.4 is 10.6 Å². The fourth-order valence-electron chi connectivity index (χ4n) is 7.39. The molecule has 0 aromatic carbocycles. The van der Waals surface area contributed by atoms with Gasteiger partial charge < -0.3 is 95.0 Å². The summed E-state index contributed by atoms with van der Waals surface area (Å²) in [4.78, 5) is 66.2. The molecule has 4 amide bonds. The summed E-state index contributed by atoms with van der Waals surface area (Å²) in [5.74, 6) is -2.74. The van der Waals surface area contributed by atoms with Gasteiger partial charge in [0.2, 0.25) is 11.8 Å². The number of rotatable bonds is 25. The Kier molecular flexibility index (Phi) is 22.0. The summed E-state index contributed by atoms with van der Waals surface area (Å²) in [6, 6.07) is -0.906. The number of hydroxylamine groups is 2. The number of aliphatic hydroxyl groups is 10. The molecule has 64 heavy (non-hydrogen) atoms. The average Bonchev–Trinajstić information content (AvgIpc) is 3.59. The van der Waals surface area contributed by atoms with Crippen LogP contribution in [-0.2, 0) is 57.2 Å². The van der Waals surface area contributed by atoms with Crippen LogP contribution >= 0.6 is 0 Å². The maximum Gasteiger partial charge on any atom is 0.333 e. The van der Waals surface area contributed by atoms with Crippen LogP contribution in [0.3, 0.4) is 0 Å². The van der Waals surface area contributed by atoms with E-state index < -0.39 is 142 Å². The second-order valence-electron chi connectivity index (χ2n) is 16.1. The van der Waals surface area contributed by atoms with E-state index in [9.17, 15) is 75.0 Å². The van der Waals surface area contributed by atoms with E-state index in [1.807, 2.05) is 6.92 Å². The number of hydrogen-bond acceptors (Lipinski definition) is 22. The lowest BCUT2D eigenvalue weighted by Gasteiger charge is -2.46. The third-order valence-electron chi connectivity index (χ3n) is 11.2. The smallest absolute Gasteiger partial charge is 0.333 e. The fourth-order valence-corrected chi connectivity index (χ4v) is 7.39. The number of imide groups is 1. The van der Waals surface area contributed by atoms with Gasteiger partial charge in [0.15, 0.2) is 18.9 Å². The molecule has 12 N–H and O–H groups in total.